The quantitative estimate of drug-likeness (QED) is 0.669. The maximum atomic E-state index is 10.9. The summed E-state index contributed by atoms with van der Waals surface area (Å²) in [7, 11) is 0. The molecule has 0 aliphatic heterocycles. The van der Waals surface area contributed by atoms with E-state index in [-0.39, 0.29) is 5.69 Å². The maximum Gasteiger partial charge on any atom is 0.312 e. The molecule has 0 bridgehead atoms. The fourth-order valence-electron chi connectivity index (χ4n) is 1.81. The van der Waals surface area contributed by atoms with Gasteiger partial charge < -0.3 is 5.32 Å². The average molecular weight is 300 g/mol. The Labute approximate surface area is 108 Å². The highest BCUT2D eigenvalue weighted by Crippen LogP contribution is 2.48. The van der Waals surface area contributed by atoms with Gasteiger partial charge in [-0.05, 0) is 40.6 Å². The first-order valence-electron chi connectivity index (χ1n) is 5.60. The fourth-order valence-corrected chi connectivity index (χ4v) is 2.13. The summed E-state index contributed by atoms with van der Waals surface area (Å²) in [4.78, 5) is 14.5. The summed E-state index contributed by atoms with van der Waals surface area (Å²) < 4.78 is 0.617. The van der Waals surface area contributed by atoms with Gasteiger partial charge >= 0.3 is 5.69 Å². The minimum atomic E-state index is -0.411. The van der Waals surface area contributed by atoms with E-state index >= 15 is 0 Å². The number of nitro groups is 1. The van der Waals surface area contributed by atoms with Crippen LogP contribution in [-0.2, 0) is 0 Å². The Bertz CT molecular complexity index is 446. The van der Waals surface area contributed by atoms with Crippen molar-refractivity contribution in [2.24, 2.45) is 5.41 Å². The van der Waals surface area contributed by atoms with E-state index in [2.05, 4.69) is 33.2 Å². The van der Waals surface area contributed by atoms with Crippen LogP contribution in [0.3, 0.4) is 0 Å². The Morgan fingerprint density at radius 1 is 1.65 bits per heavy atom. The molecule has 0 spiro atoms. The molecule has 0 unspecified atom stereocenters. The molecule has 0 atom stereocenters. The highest BCUT2D eigenvalue weighted by molar-refractivity contribution is 9.10. The van der Waals surface area contributed by atoms with Crippen molar-refractivity contribution in [2.45, 2.75) is 26.2 Å². The van der Waals surface area contributed by atoms with Crippen LogP contribution in [0.4, 0.5) is 11.5 Å². The molecule has 1 saturated carbocycles. The van der Waals surface area contributed by atoms with Gasteiger partial charge in [0.15, 0.2) is 0 Å². The zero-order valence-corrected chi connectivity index (χ0v) is 11.2. The molecule has 1 N–H and O–H groups in total. The number of nitrogens with zero attached hydrogens (tertiary/aromatic N) is 2. The van der Waals surface area contributed by atoms with E-state index in [0.717, 1.165) is 13.0 Å². The van der Waals surface area contributed by atoms with Crippen LogP contribution < -0.4 is 5.32 Å². The largest absolute Gasteiger partial charge is 0.364 e. The van der Waals surface area contributed by atoms with E-state index in [1.807, 2.05) is 0 Å². The molecular formula is C11H14BrN3O2. The SMILES string of the molecule is CCC1(CNc2ncc(Br)cc2[N+](=O)[O-])CC1. The van der Waals surface area contributed by atoms with Crippen LogP contribution in [0.1, 0.15) is 26.2 Å². The Morgan fingerprint density at radius 3 is 2.88 bits per heavy atom. The topological polar surface area (TPSA) is 68.1 Å². The second kappa shape index (κ2) is 4.60. The van der Waals surface area contributed by atoms with Crippen LogP contribution in [0.25, 0.3) is 0 Å². The fraction of sp³-hybridized carbons (Fsp3) is 0.545. The molecule has 17 heavy (non-hydrogen) atoms. The molecule has 1 fully saturated rings. The van der Waals surface area contributed by atoms with Crippen molar-refractivity contribution in [3.05, 3.63) is 26.9 Å². The van der Waals surface area contributed by atoms with Crippen molar-refractivity contribution in [2.75, 3.05) is 11.9 Å². The van der Waals surface area contributed by atoms with E-state index in [9.17, 15) is 10.1 Å². The number of halogens is 1. The molecule has 5 nitrogen and oxygen atoms in total. The minimum absolute atomic E-state index is 0.0197. The molecule has 0 saturated heterocycles. The summed E-state index contributed by atoms with van der Waals surface area (Å²) in [6.45, 7) is 2.91. The van der Waals surface area contributed by atoms with E-state index in [1.54, 1.807) is 6.20 Å². The maximum absolute atomic E-state index is 10.9. The van der Waals surface area contributed by atoms with E-state index in [1.165, 1.54) is 18.9 Å². The molecular weight excluding hydrogens is 286 g/mol. The lowest BCUT2D eigenvalue weighted by Crippen LogP contribution is -2.16. The zero-order valence-electron chi connectivity index (χ0n) is 9.57. The lowest BCUT2D eigenvalue weighted by atomic mass is 10.0. The van der Waals surface area contributed by atoms with Gasteiger partial charge in [0.25, 0.3) is 0 Å². The first kappa shape index (κ1) is 12.3. The molecule has 6 heteroatoms. The third-order valence-electron chi connectivity index (χ3n) is 3.37. The second-order valence-corrected chi connectivity index (χ2v) is 5.40. The number of hydrogen-bond donors (Lipinski definition) is 1. The first-order chi connectivity index (χ1) is 8.06. The third-order valence-corrected chi connectivity index (χ3v) is 3.80. The van der Waals surface area contributed by atoms with Crippen LogP contribution in [-0.4, -0.2) is 16.5 Å². The zero-order chi connectivity index (χ0) is 12.5. The Hall–Kier alpha value is -1.17. The highest BCUT2D eigenvalue weighted by Gasteiger charge is 2.40. The molecule has 1 aromatic heterocycles. The van der Waals surface area contributed by atoms with E-state index in [4.69, 9.17) is 0 Å². The minimum Gasteiger partial charge on any atom is -0.364 e. The van der Waals surface area contributed by atoms with Gasteiger partial charge in [0.1, 0.15) is 0 Å². The Balaban J connectivity index is 2.12. The molecule has 0 aromatic carbocycles. The third kappa shape index (κ3) is 2.74. The number of anilines is 1. The lowest BCUT2D eigenvalue weighted by Gasteiger charge is -2.13. The molecule has 2 rings (SSSR count). The Kier molecular flexibility index (Phi) is 3.33. The molecule has 0 amide bonds. The van der Waals surface area contributed by atoms with Crippen molar-refractivity contribution in [3.8, 4) is 0 Å². The monoisotopic (exact) mass is 299 g/mol. The van der Waals surface area contributed by atoms with Crippen molar-refractivity contribution in [1.29, 1.82) is 0 Å². The number of hydrogen-bond acceptors (Lipinski definition) is 4. The van der Waals surface area contributed by atoms with Crippen molar-refractivity contribution in [3.63, 3.8) is 0 Å². The smallest absolute Gasteiger partial charge is 0.312 e. The van der Waals surface area contributed by atoms with Gasteiger partial charge in [0.05, 0.1) is 4.92 Å². The second-order valence-electron chi connectivity index (χ2n) is 4.49. The molecule has 0 radical (unpaired) electrons. The first-order valence-corrected chi connectivity index (χ1v) is 6.39. The van der Waals surface area contributed by atoms with Gasteiger partial charge in [-0.3, -0.25) is 10.1 Å². The summed E-state index contributed by atoms with van der Waals surface area (Å²) in [6.07, 6.45) is 5.06. The summed E-state index contributed by atoms with van der Waals surface area (Å²) in [5.74, 6) is 0.359. The number of aromatic nitrogens is 1. The predicted octanol–water partition coefficient (Wildman–Crippen LogP) is 3.35. The lowest BCUT2D eigenvalue weighted by molar-refractivity contribution is -0.384. The van der Waals surface area contributed by atoms with Crippen molar-refractivity contribution >= 4 is 27.4 Å². The van der Waals surface area contributed by atoms with Gasteiger partial charge in [-0.1, -0.05) is 6.92 Å². The molecule has 1 aliphatic carbocycles. The highest BCUT2D eigenvalue weighted by atomic mass is 79.9. The normalized spacial score (nSPS) is 16.6. The standard InChI is InChI=1S/C11H14BrN3O2/c1-2-11(3-4-11)7-14-10-9(15(16)17)5-8(12)6-13-10/h5-6H,2-4,7H2,1H3,(H,13,14). The number of rotatable bonds is 5. The van der Waals surface area contributed by atoms with Gasteiger partial charge in [-0.25, -0.2) is 4.98 Å². The van der Waals surface area contributed by atoms with E-state index < -0.39 is 4.92 Å². The molecule has 1 aliphatic rings. The molecule has 92 valence electrons. The Morgan fingerprint density at radius 2 is 2.35 bits per heavy atom. The predicted molar refractivity (Wildman–Crippen MR) is 69.0 cm³/mol. The molecule has 1 heterocycles. The summed E-state index contributed by atoms with van der Waals surface area (Å²) in [6, 6.07) is 1.47. The van der Waals surface area contributed by atoms with Gasteiger partial charge in [0, 0.05) is 23.3 Å². The van der Waals surface area contributed by atoms with Crippen LogP contribution in [0.5, 0.6) is 0 Å². The van der Waals surface area contributed by atoms with Crippen LogP contribution >= 0.6 is 15.9 Å². The van der Waals surface area contributed by atoms with Gasteiger partial charge in [-0.2, -0.15) is 0 Å². The van der Waals surface area contributed by atoms with Crippen molar-refractivity contribution < 1.29 is 4.92 Å². The number of nitrogens with one attached hydrogen (secondary N) is 1. The number of pyridine rings is 1. The van der Waals surface area contributed by atoms with Crippen LogP contribution in [0.2, 0.25) is 0 Å². The van der Waals surface area contributed by atoms with Crippen molar-refractivity contribution in [1.82, 2.24) is 4.98 Å². The van der Waals surface area contributed by atoms with Crippen LogP contribution in [0, 0.1) is 15.5 Å². The summed E-state index contributed by atoms with van der Waals surface area (Å²) in [5, 5.41) is 14.0. The van der Waals surface area contributed by atoms with Gasteiger partial charge in [-0.15, -0.1) is 0 Å². The van der Waals surface area contributed by atoms with E-state index in [0.29, 0.717) is 15.7 Å². The van der Waals surface area contributed by atoms with Gasteiger partial charge in [0.2, 0.25) is 5.82 Å². The summed E-state index contributed by atoms with van der Waals surface area (Å²) >= 11 is 3.19. The average Bonchev–Trinajstić information content (AvgIpc) is 3.08. The summed E-state index contributed by atoms with van der Waals surface area (Å²) in [5.41, 5.74) is 0.356. The van der Waals surface area contributed by atoms with Crippen LogP contribution in [0.15, 0.2) is 16.7 Å². The molecule has 1 aromatic rings.